The van der Waals surface area contributed by atoms with E-state index in [0.717, 1.165) is 4.31 Å². The van der Waals surface area contributed by atoms with Crippen LogP contribution in [-0.4, -0.2) is 17.2 Å². The lowest BCUT2D eigenvalue weighted by atomic mass is 10.0. The molecule has 3 aromatic carbocycles. The maximum atomic E-state index is 12.0. The number of nitrogens with zero attached hydrogens (tertiary/aromatic N) is 1. The lowest BCUT2D eigenvalue weighted by Crippen LogP contribution is -2.23. The Hall–Kier alpha value is -1.94. The molecule has 0 aliphatic heterocycles. The molecule has 3 rings (SSSR count). The molecule has 2 N–H and O–H groups in total. The molecule has 28 heavy (non-hydrogen) atoms. The van der Waals surface area contributed by atoms with Crippen molar-refractivity contribution in [1.82, 2.24) is 0 Å². The number of primary sulfonamides is 1. The summed E-state index contributed by atoms with van der Waals surface area (Å²) in [6, 6.07) is 16.9. The van der Waals surface area contributed by atoms with E-state index >= 15 is 0 Å². The van der Waals surface area contributed by atoms with Crippen molar-refractivity contribution in [2.24, 2.45) is 5.14 Å². The topological polar surface area (TPSA) is 104 Å². The van der Waals surface area contributed by atoms with Crippen LogP contribution in [0.2, 0.25) is 10.0 Å². The maximum Gasteiger partial charge on any atom is 0.240 e. The first-order valence-electron chi connectivity index (χ1n) is 7.75. The van der Waals surface area contributed by atoms with Crippen molar-refractivity contribution in [3.63, 3.8) is 0 Å². The largest absolute Gasteiger partial charge is 0.755 e. The van der Waals surface area contributed by atoms with E-state index in [0.29, 0.717) is 21.2 Å². The van der Waals surface area contributed by atoms with Gasteiger partial charge in [0.15, 0.2) is 0 Å². The molecule has 0 spiro atoms. The molecule has 146 valence electrons. The monoisotopic (exact) mass is 455 g/mol. The SMILES string of the molecule is NS(=O)(=O)c1ccccc1N(c1cccc(-c2cc(Cl)ccc2Cl)c1)S(=O)[O-]. The van der Waals surface area contributed by atoms with E-state index in [-0.39, 0.29) is 16.3 Å². The van der Waals surface area contributed by atoms with Crippen molar-refractivity contribution < 1.29 is 17.2 Å². The summed E-state index contributed by atoms with van der Waals surface area (Å²) in [7, 11) is -4.15. The smallest absolute Gasteiger partial charge is 0.240 e. The Labute approximate surface area is 175 Å². The Morgan fingerprint density at radius 2 is 1.68 bits per heavy atom. The molecule has 0 saturated carbocycles. The van der Waals surface area contributed by atoms with Crippen LogP contribution in [0.1, 0.15) is 0 Å². The molecular weight excluding hydrogens is 443 g/mol. The first kappa shape index (κ1) is 20.8. The molecule has 0 aliphatic rings. The van der Waals surface area contributed by atoms with Gasteiger partial charge >= 0.3 is 0 Å². The van der Waals surface area contributed by atoms with Gasteiger partial charge in [-0.3, -0.25) is 8.51 Å². The van der Waals surface area contributed by atoms with Crippen LogP contribution in [0.4, 0.5) is 11.4 Å². The highest BCUT2D eigenvalue weighted by molar-refractivity contribution is 7.89. The van der Waals surface area contributed by atoms with Crippen LogP contribution in [0.25, 0.3) is 11.1 Å². The third-order valence-corrected chi connectivity index (χ3v) is 6.09. The number of para-hydroxylation sites is 1. The minimum Gasteiger partial charge on any atom is -0.755 e. The number of sulfonamides is 1. The van der Waals surface area contributed by atoms with Crippen molar-refractivity contribution >= 4 is 55.9 Å². The van der Waals surface area contributed by atoms with Gasteiger partial charge in [0.25, 0.3) is 0 Å². The van der Waals surface area contributed by atoms with E-state index in [1.54, 1.807) is 36.4 Å². The Kier molecular flexibility index (Phi) is 6.09. The molecule has 0 saturated heterocycles. The molecule has 0 bridgehead atoms. The van der Waals surface area contributed by atoms with Gasteiger partial charge in [-0.2, -0.15) is 0 Å². The van der Waals surface area contributed by atoms with Crippen LogP contribution >= 0.6 is 23.2 Å². The van der Waals surface area contributed by atoms with Crippen LogP contribution in [0.5, 0.6) is 0 Å². The van der Waals surface area contributed by atoms with Crippen LogP contribution in [-0.2, 0) is 21.3 Å². The third-order valence-electron chi connectivity index (χ3n) is 3.86. The molecule has 6 nitrogen and oxygen atoms in total. The summed E-state index contributed by atoms with van der Waals surface area (Å²) < 4.78 is 48.6. The number of hydrogen-bond acceptors (Lipinski definition) is 4. The zero-order valence-electron chi connectivity index (χ0n) is 14.1. The normalized spacial score (nSPS) is 12.6. The second kappa shape index (κ2) is 8.20. The first-order valence-corrected chi connectivity index (χ1v) is 11.1. The fourth-order valence-electron chi connectivity index (χ4n) is 2.69. The molecule has 3 aromatic rings. The van der Waals surface area contributed by atoms with Crippen LogP contribution in [0, 0.1) is 0 Å². The number of benzene rings is 3. The zero-order valence-corrected chi connectivity index (χ0v) is 17.2. The van der Waals surface area contributed by atoms with Crippen LogP contribution in [0.15, 0.2) is 71.6 Å². The second-order valence-corrected chi connectivity index (χ2v) is 8.87. The predicted molar refractivity (Wildman–Crippen MR) is 111 cm³/mol. The Morgan fingerprint density at radius 1 is 0.964 bits per heavy atom. The predicted octanol–water partition coefficient (Wildman–Crippen LogP) is 4.24. The quantitative estimate of drug-likeness (QED) is 0.580. The summed E-state index contributed by atoms with van der Waals surface area (Å²) >= 11 is 9.46. The molecule has 0 amide bonds. The minimum atomic E-state index is -4.15. The molecule has 10 heteroatoms. The molecule has 0 aliphatic carbocycles. The van der Waals surface area contributed by atoms with Crippen molar-refractivity contribution in [1.29, 1.82) is 0 Å². The minimum absolute atomic E-state index is 0.0901. The number of hydrogen-bond donors (Lipinski definition) is 1. The van der Waals surface area contributed by atoms with Gasteiger partial charge < -0.3 is 4.55 Å². The van der Waals surface area contributed by atoms with Crippen molar-refractivity contribution in [2.45, 2.75) is 4.90 Å². The molecule has 1 atom stereocenters. The Morgan fingerprint density at radius 3 is 2.36 bits per heavy atom. The third kappa shape index (κ3) is 4.38. The lowest BCUT2D eigenvalue weighted by molar-refractivity contribution is 0.537. The summed E-state index contributed by atoms with van der Waals surface area (Å²) in [5, 5.41) is 6.14. The molecule has 1 unspecified atom stereocenters. The van der Waals surface area contributed by atoms with Gasteiger partial charge in [-0.05, 0) is 48.0 Å². The van der Waals surface area contributed by atoms with Gasteiger partial charge in [-0.15, -0.1) is 0 Å². The number of anilines is 2. The average molecular weight is 456 g/mol. The number of nitrogens with two attached hydrogens (primary N) is 1. The van der Waals surface area contributed by atoms with E-state index < -0.39 is 21.3 Å². The number of rotatable bonds is 5. The van der Waals surface area contributed by atoms with E-state index in [2.05, 4.69) is 0 Å². The first-order chi connectivity index (χ1) is 13.2. The van der Waals surface area contributed by atoms with Gasteiger partial charge in [0.05, 0.1) is 22.6 Å². The van der Waals surface area contributed by atoms with Crippen LogP contribution < -0.4 is 9.44 Å². The summed E-state index contributed by atoms with van der Waals surface area (Å²) in [6.07, 6.45) is 0. The highest BCUT2D eigenvalue weighted by Crippen LogP contribution is 2.36. The summed E-state index contributed by atoms with van der Waals surface area (Å²) in [4.78, 5) is -0.314. The fraction of sp³-hybridized carbons (Fsp3) is 0. The van der Waals surface area contributed by atoms with Gasteiger partial charge in [0.2, 0.25) is 10.0 Å². The highest BCUT2D eigenvalue weighted by Gasteiger charge is 2.21. The number of halogens is 2. The second-order valence-electron chi connectivity index (χ2n) is 5.70. The summed E-state index contributed by atoms with van der Waals surface area (Å²) in [5.41, 5.74) is 1.33. The van der Waals surface area contributed by atoms with Crippen LogP contribution in [0.3, 0.4) is 0 Å². The van der Waals surface area contributed by atoms with Crippen molar-refractivity contribution in [3.8, 4) is 11.1 Å². The van der Waals surface area contributed by atoms with Gasteiger partial charge in [-0.1, -0.05) is 47.5 Å². The lowest BCUT2D eigenvalue weighted by Gasteiger charge is -2.28. The van der Waals surface area contributed by atoms with E-state index in [4.69, 9.17) is 28.3 Å². The Balaban J connectivity index is 2.19. The average Bonchev–Trinajstić information content (AvgIpc) is 2.63. The highest BCUT2D eigenvalue weighted by atomic mass is 35.5. The molecule has 0 fully saturated rings. The van der Waals surface area contributed by atoms with E-state index in [1.165, 1.54) is 30.3 Å². The van der Waals surface area contributed by atoms with Gasteiger partial charge in [0.1, 0.15) is 4.90 Å². The molecular formula is C18H13Cl2N2O4S2-. The fourth-order valence-corrected chi connectivity index (χ4v) is 4.47. The molecule has 0 radical (unpaired) electrons. The zero-order chi connectivity index (χ0) is 20.5. The summed E-state index contributed by atoms with van der Waals surface area (Å²) in [5.74, 6) is 0. The van der Waals surface area contributed by atoms with Crippen molar-refractivity contribution in [2.75, 3.05) is 4.31 Å². The molecule has 0 heterocycles. The van der Waals surface area contributed by atoms with Gasteiger partial charge in [0, 0.05) is 15.6 Å². The van der Waals surface area contributed by atoms with E-state index in [9.17, 15) is 17.2 Å². The standard InChI is InChI=1S/C18H14Cl2N2O4S2/c19-13-8-9-16(20)15(11-13)12-4-3-5-14(10-12)22(27(23)24)17-6-1-2-7-18(17)28(21,25)26/h1-11H,(H,23,24)(H2,21,25,26)/p-1. The van der Waals surface area contributed by atoms with Gasteiger partial charge in [-0.25, -0.2) is 13.6 Å². The van der Waals surface area contributed by atoms with E-state index in [1.807, 2.05) is 0 Å². The maximum absolute atomic E-state index is 12.0. The molecule has 0 aromatic heterocycles. The summed E-state index contributed by atoms with van der Waals surface area (Å²) in [6.45, 7) is 0. The van der Waals surface area contributed by atoms with Crippen molar-refractivity contribution in [3.05, 3.63) is 76.8 Å². The Bertz CT molecular complexity index is 1170.